The van der Waals surface area contributed by atoms with Crippen molar-refractivity contribution < 1.29 is 9.53 Å². The number of rotatable bonds is 9. The summed E-state index contributed by atoms with van der Waals surface area (Å²) < 4.78 is 7.24. The number of hydrogen-bond donors (Lipinski definition) is 0. The minimum Gasteiger partial charge on any atom is -0.494 e. The lowest BCUT2D eigenvalue weighted by Gasteiger charge is -2.36. The first kappa shape index (κ1) is 27.3. The molecule has 1 aliphatic heterocycles. The van der Waals surface area contributed by atoms with Gasteiger partial charge < -0.3 is 14.5 Å². The SMILES string of the molecule is CCN(CC)C(=O)n1c(=O)ccc2ccc(OCCCCN3CCN(c4cccc(Cl)c4Cl)CC3)cc21. The van der Waals surface area contributed by atoms with Gasteiger partial charge in [0.15, 0.2) is 0 Å². The third kappa shape index (κ3) is 6.40. The second-order valence-corrected chi connectivity index (χ2v) is 9.92. The molecule has 1 fully saturated rings. The Labute approximate surface area is 228 Å². The number of amides is 1. The van der Waals surface area contributed by atoms with Gasteiger partial charge in [-0.3, -0.25) is 9.69 Å². The summed E-state index contributed by atoms with van der Waals surface area (Å²) in [6.07, 6.45) is 1.94. The molecule has 0 saturated carbocycles. The van der Waals surface area contributed by atoms with E-state index in [1.165, 1.54) is 10.6 Å². The van der Waals surface area contributed by atoms with Gasteiger partial charge in [-0.05, 0) is 69.0 Å². The summed E-state index contributed by atoms with van der Waals surface area (Å²) in [4.78, 5) is 31.9. The molecule has 37 heavy (non-hydrogen) atoms. The first-order chi connectivity index (χ1) is 17.9. The molecule has 1 aromatic heterocycles. The molecule has 3 aromatic rings. The van der Waals surface area contributed by atoms with Gasteiger partial charge in [0.1, 0.15) is 5.75 Å². The zero-order chi connectivity index (χ0) is 26.4. The van der Waals surface area contributed by atoms with Gasteiger partial charge in [-0.15, -0.1) is 0 Å². The number of ether oxygens (including phenoxy) is 1. The summed E-state index contributed by atoms with van der Waals surface area (Å²) in [6.45, 7) is 10.3. The van der Waals surface area contributed by atoms with Crippen LogP contribution >= 0.6 is 23.2 Å². The zero-order valence-corrected chi connectivity index (χ0v) is 23.0. The van der Waals surface area contributed by atoms with Gasteiger partial charge in [0.05, 0.1) is 27.9 Å². The topological polar surface area (TPSA) is 58.0 Å². The average molecular weight is 546 g/mol. The van der Waals surface area contributed by atoms with Crippen LogP contribution in [0, 0.1) is 0 Å². The molecule has 0 spiro atoms. The highest BCUT2D eigenvalue weighted by molar-refractivity contribution is 6.43. The highest BCUT2D eigenvalue weighted by Crippen LogP contribution is 2.32. The van der Waals surface area contributed by atoms with E-state index in [4.69, 9.17) is 27.9 Å². The molecule has 198 valence electrons. The summed E-state index contributed by atoms with van der Waals surface area (Å²) in [5.41, 5.74) is 1.24. The number of fused-ring (bicyclic) bond motifs is 1. The van der Waals surface area contributed by atoms with E-state index in [0.717, 1.165) is 56.6 Å². The van der Waals surface area contributed by atoms with Crippen LogP contribution < -0.4 is 15.2 Å². The number of benzene rings is 2. The van der Waals surface area contributed by atoms with Crippen LogP contribution in [0.5, 0.6) is 5.75 Å². The monoisotopic (exact) mass is 544 g/mol. The highest BCUT2D eigenvalue weighted by atomic mass is 35.5. The highest BCUT2D eigenvalue weighted by Gasteiger charge is 2.20. The van der Waals surface area contributed by atoms with Gasteiger partial charge in [0.2, 0.25) is 0 Å². The average Bonchev–Trinajstić information content (AvgIpc) is 2.91. The quantitative estimate of drug-likeness (QED) is 0.328. The molecule has 1 aliphatic rings. The van der Waals surface area contributed by atoms with Crippen LogP contribution in [-0.4, -0.2) is 72.8 Å². The van der Waals surface area contributed by atoms with Crippen molar-refractivity contribution in [3.05, 3.63) is 68.9 Å². The van der Waals surface area contributed by atoms with Crippen LogP contribution in [0.3, 0.4) is 0 Å². The Balaban J connectivity index is 1.28. The van der Waals surface area contributed by atoms with E-state index in [-0.39, 0.29) is 11.6 Å². The number of nitrogens with zero attached hydrogens (tertiary/aromatic N) is 4. The van der Waals surface area contributed by atoms with E-state index >= 15 is 0 Å². The number of pyridine rings is 1. The minimum atomic E-state index is -0.334. The van der Waals surface area contributed by atoms with Crippen LogP contribution in [0.2, 0.25) is 10.0 Å². The molecule has 0 bridgehead atoms. The molecular formula is C28H34Cl2N4O3. The molecule has 1 amide bonds. The number of anilines is 1. The maximum Gasteiger partial charge on any atom is 0.331 e. The van der Waals surface area contributed by atoms with Crippen LogP contribution in [0.25, 0.3) is 10.9 Å². The molecule has 4 rings (SSSR count). The molecule has 0 unspecified atom stereocenters. The van der Waals surface area contributed by atoms with Crippen LogP contribution in [0.15, 0.2) is 53.3 Å². The van der Waals surface area contributed by atoms with Crippen LogP contribution in [-0.2, 0) is 0 Å². The number of hydrogen-bond acceptors (Lipinski definition) is 5. The van der Waals surface area contributed by atoms with Gasteiger partial charge in [-0.2, -0.15) is 0 Å². The number of halogens is 2. The fourth-order valence-corrected chi connectivity index (χ4v) is 5.13. The van der Waals surface area contributed by atoms with Crippen molar-refractivity contribution in [1.82, 2.24) is 14.4 Å². The summed E-state index contributed by atoms with van der Waals surface area (Å²) in [5, 5.41) is 2.04. The molecule has 9 heteroatoms. The third-order valence-corrected chi connectivity index (χ3v) is 7.68. The van der Waals surface area contributed by atoms with E-state index in [2.05, 4.69) is 9.80 Å². The largest absolute Gasteiger partial charge is 0.494 e. The third-order valence-electron chi connectivity index (χ3n) is 6.88. The van der Waals surface area contributed by atoms with Crippen molar-refractivity contribution in [3.63, 3.8) is 0 Å². The number of carbonyl (C=O) groups is 1. The van der Waals surface area contributed by atoms with Crippen molar-refractivity contribution >= 4 is 45.8 Å². The Kier molecular flexibility index (Phi) is 9.35. The molecule has 2 aromatic carbocycles. The molecule has 0 aliphatic carbocycles. The number of carbonyl (C=O) groups excluding carboxylic acids is 1. The van der Waals surface area contributed by atoms with Gasteiger partial charge in [-0.1, -0.05) is 29.3 Å². The number of piperazine rings is 1. The molecule has 2 heterocycles. The van der Waals surface area contributed by atoms with E-state index < -0.39 is 0 Å². The van der Waals surface area contributed by atoms with Crippen LogP contribution in [0.1, 0.15) is 26.7 Å². The lowest BCUT2D eigenvalue weighted by molar-refractivity contribution is 0.205. The standard InChI is InChI=1S/C28H34Cl2N4O3/c1-3-32(4-2)28(36)34-25-20-22(12-10-21(25)11-13-26(34)35)37-19-6-5-14-31-15-17-33(18-16-31)24-9-7-8-23(29)27(24)30/h7-13,20H,3-6,14-19H2,1-2H3. The first-order valence-electron chi connectivity index (χ1n) is 12.9. The lowest BCUT2D eigenvalue weighted by atomic mass is 10.2. The van der Waals surface area contributed by atoms with Gasteiger partial charge in [-0.25, -0.2) is 9.36 Å². The van der Waals surface area contributed by atoms with Crippen molar-refractivity contribution in [1.29, 1.82) is 0 Å². The maximum atomic E-state index is 13.0. The number of aromatic nitrogens is 1. The molecule has 1 saturated heterocycles. The Morgan fingerprint density at radius 2 is 1.70 bits per heavy atom. The Bertz CT molecular complexity index is 1280. The van der Waals surface area contributed by atoms with E-state index in [1.807, 2.05) is 44.2 Å². The Morgan fingerprint density at radius 3 is 2.43 bits per heavy atom. The normalized spacial score (nSPS) is 14.2. The smallest absolute Gasteiger partial charge is 0.331 e. The predicted octanol–water partition coefficient (Wildman–Crippen LogP) is 5.60. The zero-order valence-electron chi connectivity index (χ0n) is 21.5. The summed E-state index contributed by atoms with van der Waals surface area (Å²) in [6, 6.07) is 14.2. The molecular weight excluding hydrogens is 511 g/mol. The summed E-state index contributed by atoms with van der Waals surface area (Å²) >= 11 is 12.6. The van der Waals surface area contributed by atoms with Crippen molar-refractivity contribution in [2.75, 3.05) is 57.3 Å². The second-order valence-electron chi connectivity index (χ2n) is 9.14. The first-order valence-corrected chi connectivity index (χ1v) is 13.7. The second kappa shape index (κ2) is 12.7. The van der Waals surface area contributed by atoms with Gasteiger partial charge >= 0.3 is 6.03 Å². The van der Waals surface area contributed by atoms with Crippen molar-refractivity contribution in [2.24, 2.45) is 0 Å². The Morgan fingerprint density at radius 1 is 0.973 bits per heavy atom. The molecule has 7 nitrogen and oxygen atoms in total. The van der Waals surface area contributed by atoms with Crippen molar-refractivity contribution in [2.45, 2.75) is 26.7 Å². The summed E-state index contributed by atoms with van der Waals surface area (Å²) in [5.74, 6) is 0.659. The van der Waals surface area contributed by atoms with E-state index in [0.29, 0.717) is 41.0 Å². The fraction of sp³-hybridized carbons (Fsp3) is 0.429. The number of unbranched alkanes of at least 4 members (excludes halogenated alkanes) is 1. The molecule has 0 N–H and O–H groups in total. The van der Waals surface area contributed by atoms with Crippen LogP contribution in [0.4, 0.5) is 10.5 Å². The Hall–Kier alpha value is -2.74. The van der Waals surface area contributed by atoms with E-state index in [9.17, 15) is 9.59 Å². The summed E-state index contributed by atoms with van der Waals surface area (Å²) in [7, 11) is 0. The fourth-order valence-electron chi connectivity index (χ4n) is 4.71. The lowest BCUT2D eigenvalue weighted by Crippen LogP contribution is -2.46. The molecule has 0 radical (unpaired) electrons. The van der Waals surface area contributed by atoms with E-state index in [1.54, 1.807) is 17.0 Å². The maximum absolute atomic E-state index is 13.0. The van der Waals surface area contributed by atoms with Gasteiger partial charge in [0, 0.05) is 51.4 Å². The minimum absolute atomic E-state index is 0.310. The predicted molar refractivity (Wildman–Crippen MR) is 152 cm³/mol. The molecule has 0 atom stereocenters. The van der Waals surface area contributed by atoms with Crippen molar-refractivity contribution in [3.8, 4) is 5.75 Å². The van der Waals surface area contributed by atoms with Gasteiger partial charge in [0.25, 0.3) is 5.56 Å².